The Balaban J connectivity index is 1.51. The lowest BCUT2D eigenvalue weighted by molar-refractivity contribution is 1.59. The summed E-state index contributed by atoms with van der Waals surface area (Å²) in [6.07, 6.45) is 0. The van der Waals surface area contributed by atoms with Crippen molar-refractivity contribution >= 4 is 32.3 Å². The summed E-state index contributed by atoms with van der Waals surface area (Å²) in [5.74, 6) is 0. The standard InChI is InChI=1S/C42H28/c1-2-12-32(13-3-1)41-37-17-6-8-19-39(37)42(40-20-9-7-18-38(40)41)36-16-10-15-34(28-36)30-21-23-31(24-22-30)35-26-25-29-11-4-5-14-33(29)27-35/h1-28H/i1D,2D,3D,4D,5D,6D,7D,8D,9D,11D,12D,13D,14D,17D,18D,19D,20D,21D,22D,23D,24D,25D,26D,27D. The molecule has 8 aromatic carbocycles. The fraction of sp³-hybridized carbons (Fsp3) is 0. The Kier molecular flexibility index (Phi) is 2.45. The maximum Gasteiger partial charge on any atom is 0.0636 e. The van der Waals surface area contributed by atoms with E-state index in [1.54, 1.807) is 0 Å². The number of hydrogen-bond acceptors (Lipinski definition) is 0. The molecular weight excluding hydrogens is 504 g/mol. The third kappa shape index (κ3) is 4.17. The molecule has 0 radical (unpaired) electrons. The van der Waals surface area contributed by atoms with Crippen LogP contribution in [0.5, 0.6) is 0 Å². The molecule has 0 unspecified atom stereocenters. The van der Waals surface area contributed by atoms with Gasteiger partial charge in [0.1, 0.15) is 0 Å². The first-order chi connectivity index (χ1) is 30.8. The maximum atomic E-state index is 9.21. The maximum absolute atomic E-state index is 9.21. The van der Waals surface area contributed by atoms with Gasteiger partial charge in [0.25, 0.3) is 0 Å². The minimum atomic E-state index is -0.830. The lowest BCUT2D eigenvalue weighted by atomic mass is 9.85. The zero-order valence-corrected chi connectivity index (χ0v) is 21.3. The smallest absolute Gasteiger partial charge is 0.0622 e. The Morgan fingerprint density at radius 2 is 0.810 bits per heavy atom. The van der Waals surface area contributed by atoms with Crippen molar-refractivity contribution in [3.63, 3.8) is 0 Å². The Hall–Kier alpha value is -5.46. The summed E-state index contributed by atoms with van der Waals surface area (Å²) in [5, 5.41) is -2.62. The van der Waals surface area contributed by atoms with E-state index in [0.29, 0.717) is 0 Å². The van der Waals surface area contributed by atoms with Gasteiger partial charge in [0.15, 0.2) is 0 Å². The van der Waals surface area contributed by atoms with Crippen LogP contribution in [-0.2, 0) is 0 Å². The predicted molar refractivity (Wildman–Crippen MR) is 181 cm³/mol. The summed E-state index contributed by atoms with van der Waals surface area (Å²) < 4.78 is 210. The van der Waals surface area contributed by atoms with Crippen LogP contribution in [0.1, 0.15) is 32.9 Å². The first-order valence-corrected chi connectivity index (χ1v) is 12.6. The summed E-state index contributed by atoms with van der Waals surface area (Å²) in [4.78, 5) is 0. The minimum absolute atomic E-state index is 0.0458. The van der Waals surface area contributed by atoms with Crippen molar-refractivity contribution in [3.8, 4) is 44.5 Å². The van der Waals surface area contributed by atoms with Gasteiger partial charge in [-0.05, 0) is 88.9 Å². The van der Waals surface area contributed by atoms with Crippen LogP contribution in [0.3, 0.4) is 0 Å². The van der Waals surface area contributed by atoms with Gasteiger partial charge in [-0.2, -0.15) is 0 Å². The molecule has 0 bridgehead atoms. The summed E-state index contributed by atoms with van der Waals surface area (Å²) in [5.41, 5.74) is -3.05. The summed E-state index contributed by atoms with van der Waals surface area (Å²) in [6, 6.07) is -13.2. The molecular formula is C42H28. The number of benzene rings is 8. The number of hydrogen-bond donors (Lipinski definition) is 0. The van der Waals surface area contributed by atoms with E-state index >= 15 is 0 Å². The molecule has 8 aromatic rings. The van der Waals surface area contributed by atoms with Crippen molar-refractivity contribution in [1.29, 1.82) is 0 Å². The first-order valence-electron chi connectivity index (χ1n) is 24.6. The van der Waals surface area contributed by atoms with Crippen molar-refractivity contribution in [2.24, 2.45) is 0 Å². The molecule has 0 fully saturated rings. The Morgan fingerprint density at radius 1 is 0.333 bits per heavy atom. The van der Waals surface area contributed by atoms with Crippen LogP contribution in [-0.4, -0.2) is 0 Å². The number of fused-ring (bicyclic) bond motifs is 3. The van der Waals surface area contributed by atoms with Crippen LogP contribution >= 0.6 is 0 Å². The van der Waals surface area contributed by atoms with E-state index in [1.165, 1.54) is 24.3 Å². The van der Waals surface area contributed by atoms with Gasteiger partial charge in [-0.1, -0.05) is 157 Å². The largest absolute Gasteiger partial charge is 0.0636 e. The summed E-state index contributed by atoms with van der Waals surface area (Å²) in [6.45, 7) is 0. The highest BCUT2D eigenvalue weighted by atomic mass is 14.2. The lowest BCUT2D eigenvalue weighted by Gasteiger charge is -2.18. The molecule has 0 saturated heterocycles. The fourth-order valence-corrected chi connectivity index (χ4v) is 4.86. The van der Waals surface area contributed by atoms with Gasteiger partial charge in [-0.3, -0.25) is 0 Å². The zero-order chi connectivity index (χ0) is 48.8. The van der Waals surface area contributed by atoms with E-state index in [2.05, 4.69) is 0 Å². The third-order valence-corrected chi connectivity index (χ3v) is 6.69. The average molecular weight is 557 g/mol. The van der Waals surface area contributed by atoms with Crippen LogP contribution in [0.15, 0.2) is 169 Å². The van der Waals surface area contributed by atoms with Gasteiger partial charge in [0.2, 0.25) is 0 Å². The third-order valence-electron chi connectivity index (χ3n) is 6.69. The van der Waals surface area contributed by atoms with E-state index in [4.69, 9.17) is 27.4 Å². The van der Waals surface area contributed by atoms with E-state index in [0.717, 1.165) is 0 Å². The lowest BCUT2D eigenvalue weighted by Crippen LogP contribution is -1.91. The van der Waals surface area contributed by atoms with Gasteiger partial charge >= 0.3 is 0 Å². The second-order valence-electron chi connectivity index (χ2n) is 9.08. The Labute approximate surface area is 279 Å². The van der Waals surface area contributed by atoms with Crippen molar-refractivity contribution in [1.82, 2.24) is 0 Å². The zero-order valence-electron chi connectivity index (χ0n) is 45.3. The van der Waals surface area contributed by atoms with Crippen molar-refractivity contribution in [3.05, 3.63) is 169 Å². The molecule has 196 valence electrons. The van der Waals surface area contributed by atoms with Gasteiger partial charge in [-0.15, -0.1) is 0 Å². The van der Waals surface area contributed by atoms with Gasteiger partial charge in [-0.25, -0.2) is 0 Å². The van der Waals surface area contributed by atoms with E-state index < -0.39 is 189 Å². The van der Waals surface area contributed by atoms with Gasteiger partial charge < -0.3 is 0 Å². The topological polar surface area (TPSA) is 0 Å². The molecule has 0 saturated carbocycles. The molecule has 0 amide bonds. The second-order valence-corrected chi connectivity index (χ2v) is 9.08. The molecule has 0 N–H and O–H groups in total. The highest BCUT2D eigenvalue weighted by molar-refractivity contribution is 6.21. The molecule has 8 rings (SSSR count). The first kappa shape index (κ1) is 10.1. The fourth-order valence-electron chi connectivity index (χ4n) is 4.86. The summed E-state index contributed by atoms with van der Waals surface area (Å²) >= 11 is 0. The van der Waals surface area contributed by atoms with E-state index in [-0.39, 0.29) is 33.0 Å². The van der Waals surface area contributed by atoms with Crippen LogP contribution in [0, 0.1) is 0 Å². The molecule has 0 aliphatic carbocycles. The molecule has 42 heavy (non-hydrogen) atoms. The monoisotopic (exact) mass is 556 g/mol. The molecule has 0 nitrogen and oxygen atoms in total. The number of rotatable bonds is 4. The highest BCUT2D eigenvalue weighted by Gasteiger charge is 2.16. The van der Waals surface area contributed by atoms with Crippen molar-refractivity contribution < 1.29 is 32.9 Å². The molecule has 0 atom stereocenters. The second kappa shape index (κ2) is 10.2. The van der Waals surface area contributed by atoms with E-state index in [1.807, 2.05) is 0 Å². The van der Waals surface area contributed by atoms with Gasteiger partial charge in [0.05, 0.1) is 32.9 Å². The van der Waals surface area contributed by atoms with Crippen LogP contribution in [0.4, 0.5) is 0 Å². The Bertz CT molecular complexity index is 3440. The predicted octanol–water partition coefficient (Wildman–Crippen LogP) is 11.8. The SMILES string of the molecule is [2H]c1c([2H])c([2H])c(-c2c3c([2H])c([2H])c([2H])c([2H])c3c(-c3cccc(-c4c([2H])c([2H])c(-c5c([2H])c([2H])c6c([2H])c([2H])c([2H])c([2H])c6c5[2H])c([2H])c4[2H])c3)c3c([2H])c([2H])c([2H])c([2H])c23)c([2H])c1[2H]. The molecule has 0 spiro atoms. The van der Waals surface area contributed by atoms with Crippen molar-refractivity contribution in [2.75, 3.05) is 0 Å². The summed E-state index contributed by atoms with van der Waals surface area (Å²) in [7, 11) is 0. The van der Waals surface area contributed by atoms with Crippen molar-refractivity contribution in [2.45, 2.75) is 0 Å². The minimum Gasteiger partial charge on any atom is -0.0622 e. The molecule has 0 aromatic heterocycles. The highest BCUT2D eigenvalue weighted by Crippen LogP contribution is 2.44. The quantitative estimate of drug-likeness (QED) is 0.189. The Morgan fingerprint density at radius 3 is 1.45 bits per heavy atom. The molecule has 0 aliphatic heterocycles. The van der Waals surface area contributed by atoms with Gasteiger partial charge in [0, 0.05) is 0 Å². The molecule has 0 aliphatic rings. The van der Waals surface area contributed by atoms with Crippen LogP contribution in [0.25, 0.3) is 76.8 Å². The molecule has 0 heterocycles. The average Bonchev–Trinajstić information content (AvgIpc) is 3.29. The van der Waals surface area contributed by atoms with Crippen LogP contribution < -0.4 is 0 Å². The van der Waals surface area contributed by atoms with E-state index in [9.17, 15) is 5.48 Å². The van der Waals surface area contributed by atoms with Crippen LogP contribution in [0.2, 0.25) is 0 Å². The normalized spacial score (nSPS) is 19.3. The molecule has 0 heteroatoms.